The minimum Gasteiger partial charge on any atom is -0.398 e. The van der Waals surface area contributed by atoms with Crippen LogP contribution in [0.1, 0.15) is 0 Å². The number of nitrogens with zero attached hydrogens (tertiary/aromatic N) is 2. The predicted octanol–water partition coefficient (Wildman–Crippen LogP) is 1.56. The van der Waals surface area contributed by atoms with Gasteiger partial charge in [-0.1, -0.05) is 6.07 Å². The lowest BCUT2D eigenvalue weighted by atomic mass is 10.2. The van der Waals surface area contributed by atoms with E-state index >= 15 is 0 Å². The van der Waals surface area contributed by atoms with E-state index in [1.54, 1.807) is 0 Å². The standard InChI is InChI=1S/C14H19N3O/c15-13-2-1-3-14-12(13)4-5-17(14)7-6-16-8-10-18-11-9-16/h1-5H,6-11,15H2. The summed E-state index contributed by atoms with van der Waals surface area (Å²) in [5.41, 5.74) is 8.05. The van der Waals surface area contributed by atoms with Gasteiger partial charge in [0.2, 0.25) is 0 Å². The Morgan fingerprint density at radius 3 is 2.78 bits per heavy atom. The van der Waals surface area contributed by atoms with Gasteiger partial charge in [0.05, 0.1) is 18.7 Å². The summed E-state index contributed by atoms with van der Waals surface area (Å²) in [5.74, 6) is 0. The Bertz CT molecular complexity index is 529. The van der Waals surface area contributed by atoms with E-state index in [1.165, 1.54) is 5.52 Å². The molecular formula is C14H19N3O. The van der Waals surface area contributed by atoms with Crippen LogP contribution < -0.4 is 5.73 Å². The Morgan fingerprint density at radius 2 is 1.94 bits per heavy atom. The van der Waals surface area contributed by atoms with Gasteiger partial charge in [0, 0.05) is 43.4 Å². The lowest BCUT2D eigenvalue weighted by molar-refractivity contribution is 0.0365. The van der Waals surface area contributed by atoms with E-state index in [4.69, 9.17) is 10.5 Å². The molecule has 1 aromatic heterocycles. The van der Waals surface area contributed by atoms with Crippen LogP contribution in [0.2, 0.25) is 0 Å². The lowest BCUT2D eigenvalue weighted by Crippen LogP contribution is -2.38. The molecule has 2 heterocycles. The smallest absolute Gasteiger partial charge is 0.0594 e. The third-order valence-electron chi connectivity index (χ3n) is 3.61. The van der Waals surface area contributed by atoms with Crippen LogP contribution in [0.3, 0.4) is 0 Å². The fourth-order valence-electron chi connectivity index (χ4n) is 2.52. The van der Waals surface area contributed by atoms with Gasteiger partial charge in [-0.3, -0.25) is 4.90 Å². The first-order valence-corrected chi connectivity index (χ1v) is 6.48. The van der Waals surface area contributed by atoms with Crippen molar-refractivity contribution in [1.82, 2.24) is 9.47 Å². The summed E-state index contributed by atoms with van der Waals surface area (Å²) in [4.78, 5) is 2.45. The second-order valence-corrected chi connectivity index (χ2v) is 4.74. The summed E-state index contributed by atoms with van der Waals surface area (Å²) >= 11 is 0. The SMILES string of the molecule is Nc1cccc2c1ccn2CCN1CCOCC1. The van der Waals surface area contributed by atoms with Crippen molar-refractivity contribution < 1.29 is 4.74 Å². The van der Waals surface area contributed by atoms with Crippen LogP contribution in [-0.4, -0.2) is 42.3 Å². The molecule has 3 rings (SSSR count). The first-order chi connectivity index (χ1) is 8.84. The average Bonchev–Trinajstić information content (AvgIpc) is 2.82. The molecule has 1 saturated heterocycles. The Balaban J connectivity index is 1.72. The maximum atomic E-state index is 5.97. The van der Waals surface area contributed by atoms with Gasteiger partial charge >= 0.3 is 0 Å². The molecule has 1 fully saturated rings. The summed E-state index contributed by atoms with van der Waals surface area (Å²) in [6, 6.07) is 8.20. The van der Waals surface area contributed by atoms with Crippen LogP contribution >= 0.6 is 0 Å². The molecule has 0 saturated carbocycles. The van der Waals surface area contributed by atoms with Crippen LogP contribution in [0.4, 0.5) is 5.69 Å². The van der Waals surface area contributed by atoms with Gasteiger partial charge in [0.15, 0.2) is 0 Å². The highest BCUT2D eigenvalue weighted by molar-refractivity contribution is 5.91. The number of rotatable bonds is 3. The zero-order valence-corrected chi connectivity index (χ0v) is 10.5. The molecule has 0 bridgehead atoms. The highest BCUT2D eigenvalue weighted by atomic mass is 16.5. The molecule has 1 aromatic carbocycles. The molecule has 0 atom stereocenters. The Labute approximate surface area is 107 Å². The largest absolute Gasteiger partial charge is 0.398 e. The van der Waals surface area contributed by atoms with E-state index in [1.807, 2.05) is 12.1 Å². The van der Waals surface area contributed by atoms with Crippen LogP contribution in [-0.2, 0) is 11.3 Å². The second kappa shape index (κ2) is 5.00. The first kappa shape index (κ1) is 11.6. The fraction of sp³-hybridized carbons (Fsp3) is 0.429. The quantitative estimate of drug-likeness (QED) is 0.834. The topological polar surface area (TPSA) is 43.4 Å². The van der Waals surface area contributed by atoms with Crippen molar-refractivity contribution >= 4 is 16.6 Å². The number of aromatic nitrogens is 1. The molecule has 0 aliphatic carbocycles. The number of nitrogen functional groups attached to an aromatic ring is 1. The number of morpholine rings is 1. The van der Waals surface area contributed by atoms with Crippen molar-refractivity contribution in [2.45, 2.75) is 6.54 Å². The summed E-state index contributed by atoms with van der Waals surface area (Å²) < 4.78 is 7.64. The van der Waals surface area contributed by atoms with Crippen molar-refractivity contribution in [3.05, 3.63) is 30.5 Å². The maximum Gasteiger partial charge on any atom is 0.0594 e. The molecule has 2 N–H and O–H groups in total. The fourth-order valence-corrected chi connectivity index (χ4v) is 2.52. The van der Waals surface area contributed by atoms with Gasteiger partial charge in [-0.15, -0.1) is 0 Å². The number of hydrogen-bond acceptors (Lipinski definition) is 3. The molecule has 0 spiro atoms. The van der Waals surface area contributed by atoms with Gasteiger partial charge in [0.25, 0.3) is 0 Å². The highest BCUT2D eigenvalue weighted by Gasteiger charge is 2.10. The minimum atomic E-state index is 0.859. The zero-order chi connectivity index (χ0) is 12.4. The van der Waals surface area contributed by atoms with E-state index < -0.39 is 0 Å². The van der Waals surface area contributed by atoms with Gasteiger partial charge in [0.1, 0.15) is 0 Å². The third-order valence-corrected chi connectivity index (χ3v) is 3.61. The first-order valence-electron chi connectivity index (χ1n) is 6.48. The zero-order valence-electron chi connectivity index (χ0n) is 10.5. The van der Waals surface area contributed by atoms with Gasteiger partial charge in [-0.05, 0) is 18.2 Å². The molecule has 4 nitrogen and oxygen atoms in total. The third kappa shape index (κ3) is 2.21. The molecular weight excluding hydrogens is 226 g/mol. The molecule has 0 amide bonds. The molecule has 1 aliphatic rings. The number of anilines is 1. The second-order valence-electron chi connectivity index (χ2n) is 4.74. The van der Waals surface area contributed by atoms with Crippen LogP contribution in [0.15, 0.2) is 30.5 Å². The summed E-state index contributed by atoms with van der Waals surface area (Å²) in [6.45, 7) is 5.89. The van der Waals surface area contributed by atoms with Crippen LogP contribution in [0.5, 0.6) is 0 Å². The maximum absolute atomic E-state index is 5.97. The van der Waals surface area contributed by atoms with Crippen molar-refractivity contribution in [3.8, 4) is 0 Å². The molecule has 4 heteroatoms. The van der Waals surface area contributed by atoms with E-state index in [0.717, 1.165) is 50.5 Å². The molecule has 18 heavy (non-hydrogen) atoms. The van der Waals surface area contributed by atoms with E-state index in [9.17, 15) is 0 Å². The van der Waals surface area contributed by atoms with Crippen molar-refractivity contribution in [3.63, 3.8) is 0 Å². The molecule has 1 aliphatic heterocycles. The summed E-state index contributed by atoms with van der Waals surface area (Å²) in [5, 5.41) is 1.15. The minimum absolute atomic E-state index is 0.859. The Kier molecular flexibility index (Phi) is 3.21. The lowest BCUT2D eigenvalue weighted by Gasteiger charge is -2.26. The van der Waals surface area contributed by atoms with Crippen molar-refractivity contribution in [1.29, 1.82) is 0 Å². The van der Waals surface area contributed by atoms with E-state index in [0.29, 0.717) is 0 Å². The van der Waals surface area contributed by atoms with E-state index in [2.05, 4.69) is 27.8 Å². The van der Waals surface area contributed by atoms with Gasteiger partial charge in [-0.25, -0.2) is 0 Å². The normalized spacial score (nSPS) is 17.3. The van der Waals surface area contributed by atoms with Gasteiger partial charge < -0.3 is 15.0 Å². The monoisotopic (exact) mass is 245 g/mol. The molecule has 2 aromatic rings. The number of hydrogen-bond donors (Lipinski definition) is 1. The number of ether oxygens (including phenoxy) is 1. The summed E-state index contributed by atoms with van der Waals surface area (Å²) in [6.07, 6.45) is 2.13. The average molecular weight is 245 g/mol. The predicted molar refractivity (Wildman–Crippen MR) is 73.6 cm³/mol. The number of nitrogens with two attached hydrogens (primary N) is 1. The Hall–Kier alpha value is -1.52. The number of fused-ring (bicyclic) bond motifs is 1. The molecule has 0 radical (unpaired) electrons. The van der Waals surface area contributed by atoms with Crippen LogP contribution in [0.25, 0.3) is 10.9 Å². The molecule has 0 unspecified atom stereocenters. The van der Waals surface area contributed by atoms with E-state index in [-0.39, 0.29) is 0 Å². The molecule has 96 valence electrons. The summed E-state index contributed by atoms with van der Waals surface area (Å²) in [7, 11) is 0. The van der Waals surface area contributed by atoms with Crippen molar-refractivity contribution in [2.24, 2.45) is 0 Å². The Morgan fingerprint density at radius 1 is 1.11 bits per heavy atom. The van der Waals surface area contributed by atoms with Gasteiger partial charge in [-0.2, -0.15) is 0 Å². The van der Waals surface area contributed by atoms with Crippen LogP contribution in [0, 0.1) is 0 Å². The number of benzene rings is 1. The van der Waals surface area contributed by atoms with Crippen molar-refractivity contribution in [2.75, 3.05) is 38.6 Å². The highest BCUT2D eigenvalue weighted by Crippen LogP contribution is 2.21.